The van der Waals surface area contributed by atoms with Crippen molar-refractivity contribution in [2.45, 2.75) is 31.3 Å². The first-order chi connectivity index (χ1) is 9.58. The molecule has 1 N–H and O–H groups in total. The number of urea groups is 1. The van der Waals surface area contributed by atoms with Crippen molar-refractivity contribution in [2.24, 2.45) is 0 Å². The van der Waals surface area contributed by atoms with E-state index in [4.69, 9.17) is 0 Å². The highest BCUT2D eigenvalue weighted by atomic mass is 32.2. The van der Waals surface area contributed by atoms with Crippen LogP contribution in [0.25, 0.3) is 0 Å². The van der Waals surface area contributed by atoms with Crippen LogP contribution < -0.4 is 0 Å². The average molecular weight is 312 g/mol. The van der Waals surface area contributed by atoms with Crippen molar-refractivity contribution in [3.05, 3.63) is 21.9 Å². The standard InChI is InChI=1S/C13H16N2O3S2/c1-8-15(10(7-20-8)12(16)17)13(18)14-4-2-11-9(6-14)3-5-19-11/h3,5,8,10H,2,4,6-7H2,1H3,(H,16,17). The molecule has 0 spiro atoms. The first-order valence-electron chi connectivity index (χ1n) is 6.55. The number of thioether (sulfide) groups is 1. The van der Waals surface area contributed by atoms with Gasteiger partial charge in [-0.2, -0.15) is 0 Å². The monoisotopic (exact) mass is 312 g/mol. The summed E-state index contributed by atoms with van der Waals surface area (Å²) >= 11 is 3.25. The van der Waals surface area contributed by atoms with E-state index < -0.39 is 12.0 Å². The molecule has 2 aliphatic rings. The molecule has 0 bridgehead atoms. The molecule has 5 nitrogen and oxygen atoms in total. The first-order valence-corrected chi connectivity index (χ1v) is 8.47. The van der Waals surface area contributed by atoms with Gasteiger partial charge in [0.05, 0.1) is 5.37 Å². The molecule has 0 aromatic carbocycles. The molecule has 2 unspecified atom stereocenters. The first kappa shape index (κ1) is 13.8. The highest BCUT2D eigenvalue weighted by Gasteiger charge is 2.41. The second kappa shape index (κ2) is 5.29. The van der Waals surface area contributed by atoms with Crippen LogP contribution in [-0.2, 0) is 17.8 Å². The molecule has 2 aliphatic heterocycles. The van der Waals surface area contributed by atoms with Crippen LogP contribution >= 0.6 is 23.1 Å². The molecular formula is C13H16N2O3S2. The summed E-state index contributed by atoms with van der Waals surface area (Å²) in [6, 6.07) is 1.20. The molecule has 2 atom stereocenters. The van der Waals surface area contributed by atoms with Crippen molar-refractivity contribution < 1.29 is 14.7 Å². The second-order valence-corrected chi connectivity index (χ2v) is 7.37. The van der Waals surface area contributed by atoms with Gasteiger partial charge in [-0.1, -0.05) is 0 Å². The number of nitrogens with zero attached hydrogens (tertiary/aromatic N) is 2. The van der Waals surface area contributed by atoms with Crippen LogP contribution in [0.15, 0.2) is 11.4 Å². The molecule has 1 fully saturated rings. The van der Waals surface area contributed by atoms with E-state index in [-0.39, 0.29) is 11.4 Å². The van der Waals surface area contributed by atoms with Crippen LogP contribution in [0.3, 0.4) is 0 Å². The van der Waals surface area contributed by atoms with E-state index in [1.165, 1.54) is 27.1 Å². The highest BCUT2D eigenvalue weighted by molar-refractivity contribution is 8.00. The molecule has 2 amide bonds. The number of carbonyl (C=O) groups excluding carboxylic acids is 1. The van der Waals surface area contributed by atoms with Gasteiger partial charge in [0.25, 0.3) is 0 Å². The van der Waals surface area contributed by atoms with Gasteiger partial charge in [0.2, 0.25) is 0 Å². The third kappa shape index (κ3) is 2.29. The molecule has 108 valence electrons. The van der Waals surface area contributed by atoms with Crippen molar-refractivity contribution in [1.82, 2.24) is 9.80 Å². The Labute approximate surface area is 125 Å². The Morgan fingerprint density at radius 3 is 3.00 bits per heavy atom. The van der Waals surface area contributed by atoms with Crippen LogP contribution in [0.1, 0.15) is 17.4 Å². The van der Waals surface area contributed by atoms with Crippen molar-refractivity contribution in [3.8, 4) is 0 Å². The van der Waals surface area contributed by atoms with Gasteiger partial charge in [-0.25, -0.2) is 9.59 Å². The number of fused-ring (bicyclic) bond motifs is 1. The SMILES string of the molecule is CC1SCC(C(=O)O)N1C(=O)N1CCc2sccc2C1. The summed E-state index contributed by atoms with van der Waals surface area (Å²) in [6.07, 6.45) is 0.867. The van der Waals surface area contributed by atoms with E-state index >= 15 is 0 Å². The zero-order valence-electron chi connectivity index (χ0n) is 11.1. The number of rotatable bonds is 1. The van der Waals surface area contributed by atoms with Gasteiger partial charge >= 0.3 is 12.0 Å². The minimum atomic E-state index is -0.913. The van der Waals surface area contributed by atoms with Crippen LogP contribution in [-0.4, -0.2) is 50.6 Å². The number of thiophene rings is 1. The lowest BCUT2D eigenvalue weighted by Crippen LogP contribution is -2.51. The Kier molecular flexibility index (Phi) is 3.64. The summed E-state index contributed by atoms with van der Waals surface area (Å²) in [5.74, 6) is -0.441. The maximum atomic E-state index is 12.6. The third-order valence-electron chi connectivity index (χ3n) is 3.81. The largest absolute Gasteiger partial charge is 0.480 e. The maximum absolute atomic E-state index is 12.6. The van der Waals surface area contributed by atoms with Gasteiger partial charge in [-0.3, -0.25) is 4.90 Å². The van der Waals surface area contributed by atoms with Gasteiger partial charge in [-0.15, -0.1) is 23.1 Å². The number of hydrogen-bond donors (Lipinski definition) is 1. The normalized spacial score (nSPS) is 25.6. The summed E-state index contributed by atoms with van der Waals surface area (Å²) in [5, 5.41) is 11.2. The molecule has 3 heterocycles. The zero-order valence-corrected chi connectivity index (χ0v) is 12.7. The lowest BCUT2D eigenvalue weighted by Gasteiger charge is -2.34. The summed E-state index contributed by atoms with van der Waals surface area (Å²) in [6.45, 7) is 3.16. The predicted molar refractivity (Wildman–Crippen MR) is 79.0 cm³/mol. The second-order valence-electron chi connectivity index (χ2n) is 5.02. The van der Waals surface area contributed by atoms with Gasteiger partial charge in [0.15, 0.2) is 0 Å². The van der Waals surface area contributed by atoms with Gasteiger partial charge in [-0.05, 0) is 30.4 Å². The minimum absolute atomic E-state index is 0.0764. The van der Waals surface area contributed by atoms with E-state index in [9.17, 15) is 14.7 Å². The van der Waals surface area contributed by atoms with Crippen LogP contribution in [0.4, 0.5) is 4.79 Å². The Morgan fingerprint density at radius 2 is 2.25 bits per heavy atom. The van der Waals surface area contributed by atoms with Gasteiger partial charge in [0, 0.05) is 23.7 Å². The summed E-state index contributed by atoms with van der Waals surface area (Å²) in [5.41, 5.74) is 1.20. The molecule has 20 heavy (non-hydrogen) atoms. The van der Waals surface area contributed by atoms with Gasteiger partial charge in [0.1, 0.15) is 6.04 Å². The van der Waals surface area contributed by atoms with Crippen LogP contribution in [0.5, 0.6) is 0 Å². The molecule has 1 aromatic heterocycles. The fraction of sp³-hybridized carbons (Fsp3) is 0.538. The maximum Gasteiger partial charge on any atom is 0.327 e. The number of carboxylic acid groups (broad SMARTS) is 1. The fourth-order valence-electron chi connectivity index (χ4n) is 2.70. The van der Waals surface area contributed by atoms with E-state index in [1.54, 1.807) is 16.2 Å². The van der Waals surface area contributed by atoms with Crippen molar-refractivity contribution >= 4 is 35.1 Å². The lowest BCUT2D eigenvalue weighted by atomic mass is 10.1. The Bertz CT molecular complexity index is 545. The molecule has 7 heteroatoms. The number of carboxylic acids is 1. The lowest BCUT2D eigenvalue weighted by molar-refractivity contribution is -0.141. The summed E-state index contributed by atoms with van der Waals surface area (Å²) < 4.78 is 0. The third-order valence-corrected chi connectivity index (χ3v) is 6.05. The Balaban J connectivity index is 1.77. The fourth-order valence-corrected chi connectivity index (χ4v) is 4.75. The summed E-state index contributed by atoms with van der Waals surface area (Å²) in [4.78, 5) is 28.5. The highest BCUT2D eigenvalue weighted by Crippen LogP contribution is 2.32. The molecule has 3 rings (SSSR count). The average Bonchev–Trinajstić information content (AvgIpc) is 3.03. The number of amides is 2. The molecule has 1 saturated heterocycles. The molecular weight excluding hydrogens is 296 g/mol. The summed E-state index contributed by atoms with van der Waals surface area (Å²) in [7, 11) is 0. The van der Waals surface area contributed by atoms with Crippen molar-refractivity contribution in [2.75, 3.05) is 12.3 Å². The van der Waals surface area contributed by atoms with Gasteiger partial charge < -0.3 is 10.0 Å². The molecule has 0 saturated carbocycles. The van der Waals surface area contributed by atoms with E-state index in [0.717, 1.165) is 6.42 Å². The van der Waals surface area contributed by atoms with E-state index in [1.807, 2.05) is 12.3 Å². The van der Waals surface area contributed by atoms with Crippen molar-refractivity contribution in [1.29, 1.82) is 0 Å². The van der Waals surface area contributed by atoms with Crippen LogP contribution in [0.2, 0.25) is 0 Å². The Morgan fingerprint density at radius 1 is 1.45 bits per heavy atom. The predicted octanol–water partition coefficient (Wildman–Crippen LogP) is 2.07. The quantitative estimate of drug-likeness (QED) is 0.862. The zero-order chi connectivity index (χ0) is 14.3. The Hall–Kier alpha value is -1.21. The van der Waals surface area contributed by atoms with E-state index in [2.05, 4.69) is 6.07 Å². The molecule has 1 aromatic rings. The smallest absolute Gasteiger partial charge is 0.327 e. The number of aliphatic carboxylic acids is 1. The minimum Gasteiger partial charge on any atom is -0.480 e. The molecule has 0 aliphatic carbocycles. The number of hydrogen-bond acceptors (Lipinski definition) is 4. The van der Waals surface area contributed by atoms with Crippen LogP contribution in [0, 0.1) is 0 Å². The molecule has 0 radical (unpaired) electrons. The van der Waals surface area contributed by atoms with E-state index in [0.29, 0.717) is 18.8 Å². The van der Waals surface area contributed by atoms with Crippen molar-refractivity contribution in [3.63, 3.8) is 0 Å². The topological polar surface area (TPSA) is 60.9 Å². The number of carbonyl (C=O) groups is 2.